The van der Waals surface area contributed by atoms with Gasteiger partial charge in [0.2, 0.25) is 0 Å². The monoisotopic (exact) mass is 227 g/mol. The molecule has 0 bridgehead atoms. The van der Waals surface area contributed by atoms with E-state index in [9.17, 15) is 4.57 Å². The van der Waals surface area contributed by atoms with Crippen molar-refractivity contribution in [3.8, 4) is 0 Å². The normalized spacial score (nSPS) is 11.9. The summed E-state index contributed by atoms with van der Waals surface area (Å²) in [4.78, 5) is 0. The van der Waals surface area contributed by atoms with Gasteiger partial charge in [-0.15, -0.1) is 11.8 Å². The first-order chi connectivity index (χ1) is 6.18. The minimum absolute atomic E-state index is 0.395. The zero-order valence-electron chi connectivity index (χ0n) is 8.19. The molecule has 0 unspecified atom stereocenters. The summed E-state index contributed by atoms with van der Waals surface area (Å²) in [5, 5.41) is 0. The molecule has 0 fully saturated rings. The van der Waals surface area contributed by atoms with E-state index in [0.717, 1.165) is 5.75 Å². The van der Waals surface area contributed by atoms with Gasteiger partial charge in [0.15, 0.2) is 0 Å². The van der Waals surface area contributed by atoms with Gasteiger partial charge < -0.3 is 14.8 Å². The summed E-state index contributed by atoms with van der Waals surface area (Å²) in [6.45, 7) is 5.03. The lowest BCUT2D eigenvalue weighted by Gasteiger charge is -2.15. The number of hydrogen-bond acceptors (Lipinski definition) is 5. The van der Waals surface area contributed by atoms with Crippen LogP contribution in [0.15, 0.2) is 0 Å². The fourth-order valence-electron chi connectivity index (χ4n) is 0.765. The van der Waals surface area contributed by atoms with Gasteiger partial charge in [0.25, 0.3) is 0 Å². The van der Waals surface area contributed by atoms with Crippen LogP contribution in [0.3, 0.4) is 0 Å². The molecule has 0 aliphatic rings. The van der Waals surface area contributed by atoms with Crippen LogP contribution in [0.1, 0.15) is 13.8 Å². The van der Waals surface area contributed by atoms with E-state index in [1.807, 2.05) is 0 Å². The standard InChI is InChI=1S/C7H18NO3PS/c1-3-10-12(9,11-4-2)7-13-6-5-8/h3-8H2,1-2H3. The number of thioether (sulfide) groups is 1. The van der Waals surface area contributed by atoms with Crippen LogP contribution in [-0.2, 0) is 13.6 Å². The molecule has 0 aromatic rings. The van der Waals surface area contributed by atoms with Crippen LogP contribution in [-0.4, -0.2) is 31.0 Å². The second-order valence-electron chi connectivity index (χ2n) is 2.27. The van der Waals surface area contributed by atoms with Crippen molar-refractivity contribution < 1.29 is 13.6 Å². The Bertz CT molecular complexity index is 158. The largest absolute Gasteiger partial charge is 0.340 e. The van der Waals surface area contributed by atoms with E-state index in [0.29, 0.717) is 25.3 Å². The second kappa shape index (κ2) is 7.83. The number of nitrogens with two attached hydrogens (primary N) is 1. The van der Waals surface area contributed by atoms with E-state index in [4.69, 9.17) is 14.8 Å². The minimum Gasteiger partial charge on any atom is -0.330 e. The van der Waals surface area contributed by atoms with Crippen molar-refractivity contribution in [2.45, 2.75) is 13.8 Å². The zero-order valence-corrected chi connectivity index (χ0v) is 9.90. The first-order valence-corrected chi connectivity index (χ1v) is 7.22. The predicted molar refractivity (Wildman–Crippen MR) is 57.2 cm³/mol. The average Bonchev–Trinajstić information content (AvgIpc) is 2.05. The van der Waals surface area contributed by atoms with Gasteiger partial charge in [0, 0.05) is 12.3 Å². The molecular formula is C7H18NO3PS. The Kier molecular flexibility index (Phi) is 8.10. The summed E-state index contributed by atoms with van der Waals surface area (Å²) >= 11 is 1.50. The summed E-state index contributed by atoms with van der Waals surface area (Å²) in [7, 11) is -2.84. The highest BCUT2D eigenvalue weighted by atomic mass is 32.2. The van der Waals surface area contributed by atoms with E-state index >= 15 is 0 Å². The third-order valence-electron chi connectivity index (χ3n) is 1.16. The van der Waals surface area contributed by atoms with Crippen LogP contribution < -0.4 is 5.73 Å². The van der Waals surface area contributed by atoms with Crippen LogP contribution in [0, 0.1) is 0 Å². The quantitative estimate of drug-likeness (QED) is 0.507. The van der Waals surface area contributed by atoms with Gasteiger partial charge in [-0.2, -0.15) is 0 Å². The van der Waals surface area contributed by atoms with E-state index < -0.39 is 7.60 Å². The molecule has 80 valence electrons. The molecular weight excluding hydrogens is 209 g/mol. The Morgan fingerprint density at radius 3 is 2.23 bits per heavy atom. The Morgan fingerprint density at radius 1 is 1.31 bits per heavy atom. The molecule has 4 nitrogen and oxygen atoms in total. The molecule has 0 aliphatic carbocycles. The molecule has 0 amide bonds. The van der Waals surface area contributed by atoms with Gasteiger partial charge in [0.1, 0.15) is 0 Å². The lowest BCUT2D eigenvalue weighted by Crippen LogP contribution is -2.04. The highest BCUT2D eigenvalue weighted by molar-refractivity contribution is 8.04. The SMILES string of the molecule is CCOP(=O)(CSCCN)OCC. The van der Waals surface area contributed by atoms with Gasteiger partial charge in [-0.25, -0.2) is 0 Å². The van der Waals surface area contributed by atoms with Crippen molar-refractivity contribution in [3.05, 3.63) is 0 Å². The van der Waals surface area contributed by atoms with Gasteiger partial charge in [-0.1, -0.05) is 0 Å². The maximum absolute atomic E-state index is 11.8. The van der Waals surface area contributed by atoms with Crippen LogP contribution in [0.2, 0.25) is 0 Å². The van der Waals surface area contributed by atoms with Gasteiger partial charge in [-0.05, 0) is 13.8 Å². The first kappa shape index (κ1) is 13.5. The molecule has 0 saturated carbocycles. The smallest absolute Gasteiger partial charge is 0.330 e. The number of rotatable bonds is 8. The van der Waals surface area contributed by atoms with Gasteiger partial charge >= 0.3 is 7.60 Å². The Morgan fingerprint density at radius 2 is 1.85 bits per heavy atom. The van der Waals surface area contributed by atoms with Gasteiger partial charge in [0.05, 0.1) is 18.7 Å². The third kappa shape index (κ3) is 6.52. The molecule has 0 aromatic heterocycles. The fourth-order valence-corrected chi connectivity index (χ4v) is 3.80. The van der Waals surface area contributed by atoms with Crippen molar-refractivity contribution in [1.29, 1.82) is 0 Å². The average molecular weight is 227 g/mol. The maximum atomic E-state index is 11.8. The summed E-state index contributed by atoms with van der Waals surface area (Å²) in [5.74, 6) is 0.782. The number of hydrogen-bond donors (Lipinski definition) is 1. The van der Waals surface area contributed by atoms with Crippen molar-refractivity contribution in [2.75, 3.05) is 31.0 Å². The lowest BCUT2D eigenvalue weighted by atomic mass is 10.8. The highest BCUT2D eigenvalue weighted by Gasteiger charge is 2.22. The fraction of sp³-hybridized carbons (Fsp3) is 1.00. The summed E-state index contributed by atoms with van der Waals surface area (Å²) in [6, 6.07) is 0. The molecule has 13 heavy (non-hydrogen) atoms. The van der Waals surface area contributed by atoms with Gasteiger partial charge in [-0.3, -0.25) is 4.57 Å². The zero-order chi connectivity index (χ0) is 10.2. The second-order valence-corrected chi connectivity index (χ2v) is 5.86. The molecule has 0 rings (SSSR count). The summed E-state index contributed by atoms with van der Waals surface area (Å²) < 4.78 is 22.0. The van der Waals surface area contributed by atoms with Crippen molar-refractivity contribution >= 4 is 19.4 Å². The third-order valence-corrected chi connectivity index (χ3v) is 4.99. The Balaban J connectivity index is 3.85. The van der Waals surface area contributed by atoms with Crippen LogP contribution in [0.4, 0.5) is 0 Å². The topological polar surface area (TPSA) is 61.5 Å². The molecule has 0 radical (unpaired) electrons. The van der Waals surface area contributed by atoms with Crippen molar-refractivity contribution in [2.24, 2.45) is 5.73 Å². The van der Waals surface area contributed by atoms with E-state index in [1.165, 1.54) is 11.8 Å². The molecule has 0 aromatic carbocycles. The first-order valence-electron chi connectivity index (χ1n) is 4.34. The predicted octanol–water partition coefficient (Wildman–Crippen LogP) is 1.90. The highest BCUT2D eigenvalue weighted by Crippen LogP contribution is 2.50. The summed E-state index contributed by atoms with van der Waals surface area (Å²) in [5.41, 5.74) is 5.71. The van der Waals surface area contributed by atoms with Crippen LogP contribution in [0.5, 0.6) is 0 Å². The van der Waals surface area contributed by atoms with Crippen LogP contribution >= 0.6 is 19.4 Å². The maximum Gasteiger partial charge on any atom is 0.340 e. The van der Waals surface area contributed by atoms with E-state index in [2.05, 4.69) is 0 Å². The Labute approximate surface area is 84.1 Å². The van der Waals surface area contributed by atoms with Crippen LogP contribution in [0.25, 0.3) is 0 Å². The molecule has 2 N–H and O–H groups in total. The lowest BCUT2D eigenvalue weighted by molar-refractivity contribution is 0.224. The summed E-state index contributed by atoms with van der Waals surface area (Å²) in [6.07, 6.45) is 0. The van der Waals surface area contributed by atoms with E-state index in [1.54, 1.807) is 13.8 Å². The molecule has 0 atom stereocenters. The molecule has 0 spiro atoms. The van der Waals surface area contributed by atoms with Crippen molar-refractivity contribution in [1.82, 2.24) is 0 Å². The van der Waals surface area contributed by atoms with Crippen molar-refractivity contribution in [3.63, 3.8) is 0 Å². The Hall–Kier alpha value is 0.460. The van der Waals surface area contributed by atoms with E-state index in [-0.39, 0.29) is 0 Å². The molecule has 0 aliphatic heterocycles. The molecule has 6 heteroatoms. The molecule has 0 heterocycles. The molecule has 0 saturated heterocycles. The minimum atomic E-state index is -2.84.